The van der Waals surface area contributed by atoms with Gasteiger partial charge < -0.3 is 9.47 Å². The number of carbonyl (C=O) groups is 1. The minimum Gasteiger partial charge on any atom is -0.497 e. The average Bonchev–Trinajstić information content (AvgIpc) is 2.60. The molecule has 0 fully saturated rings. The number of anilines is 1. The molecule has 8 nitrogen and oxygen atoms in total. The highest BCUT2D eigenvalue weighted by Crippen LogP contribution is 2.29. The molecular formula is C15H16N2O6S. The van der Waals surface area contributed by atoms with E-state index in [-0.39, 0.29) is 21.9 Å². The van der Waals surface area contributed by atoms with E-state index in [1.165, 1.54) is 56.1 Å². The van der Waals surface area contributed by atoms with Gasteiger partial charge in [0.2, 0.25) is 0 Å². The van der Waals surface area contributed by atoms with E-state index in [1.807, 2.05) is 0 Å². The molecule has 1 amide bonds. The highest BCUT2D eigenvalue weighted by Gasteiger charge is 2.21. The summed E-state index contributed by atoms with van der Waals surface area (Å²) in [5, 5.41) is 8.56. The Morgan fingerprint density at radius 3 is 2.25 bits per heavy atom. The maximum absolute atomic E-state index is 12.6. The first-order valence-corrected chi connectivity index (χ1v) is 8.19. The van der Waals surface area contributed by atoms with Crippen molar-refractivity contribution < 1.29 is 27.9 Å². The highest BCUT2D eigenvalue weighted by atomic mass is 32.2. The van der Waals surface area contributed by atoms with Crippen LogP contribution < -0.4 is 19.7 Å². The first-order chi connectivity index (χ1) is 11.4. The Bertz CT molecular complexity index is 834. The SMILES string of the molecule is COc1ccc(OC)c(S(=O)(=O)Nc2ccc(C(=O)NO)cc2)c1. The second-order valence-electron chi connectivity index (χ2n) is 4.64. The molecule has 0 atom stereocenters. The minimum absolute atomic E-state index is 0.0819. The van der Waals surface area contributed by atoms with Crippen molar-refractivity contribution in [2.75, 3.05) is 18.9 Å². The maximum atomic E-state index is 12.6. The molecule has 0 aromatic heterocycles. The third kappa shape index (κ3) is 3.76. The molecule has 24 heavy (non-hydrogen) atoms. The Morgan fingerprint density at radius 2 is 1.71 bits per heavy atom. The number of benzene rings is 2. The number of hydrogen-bond acceptors (Lipinski definition) is 6. The summed E-state index contributed by atoms with van der Waals surface area (Å²) in [5.41, 5.74) is 1.92. The van der Waals surface area contributed by atoms with Gasteiger partial charge in [-0.15, -0.1) is 0 Å². The number of methoxy groups -OCH3 is 2. The van der Waals surface area contributed by atoms with E-state index in [0.717, 1.165) is 0 Å². The van der Waals surface area contributed by atoms with Crippen LogP contribution in [-0.4, -0.2) is 33.8 Å². The largest absolute Gasteiger partial charge is 0.497 e. The Balaban J connectivity index is 2.33. The van der Waals surface area contributed by atoms with Gasteiger partial charge in [-0.2, -0.15) is 0 Å². The molecule has 0 saturated carbocycles. The van der Waals surface area contributed by atoms with Crippen LogP contribution in [0.25, 0.3) is 0 Å². The molecule has 0 aliphatic heterocycles. The summed E-state index contributed by atoms with van der Waals surface area (Å²) in [6.45, 7) is 0. The first kappa shape index (κ1) is 17.6. The van der Waals surface area contributed by atoms with Gasteiger partial charge >= 0.3 is 0 Å². The van der Waals surface area contributed by atoms with Crippen molar-refractivity contribution in [1.82, 2.24) is 5.48 Å². The van der Waals surface area contributed by atoms with Crippen LogP contribution in [0.1, 0.15) is 10.4 Å². The lowest BCUT2D eigenvalue weighted by molar-refractivity contribution is 0.0706. The van der Waals surface area contributed by atoms with Crippen LogP contribution in [-0.2, 0) is 10.0 Å². The predicted octanol–water partition coefficient (Wildman–Crippen LogP) is 1.62. The van der Waals surface area contributed by atoms with Gasteiger partial charge in [0.1, 0.15) is 16.4 Å². The fraction of sp³-hybridized carbons (Fsp3) is 0.133. The Kier molecular flexibility index (Phi) is 5.27. The number of sulfonamides is 1. The molecule has 2 aromatic carbocycles. The second kappa shape index (κ2) is 7.20. The Morgan fingerprint density at radius 1 is 1.04 bits per heavy atom. The number of hydroxylamine groups is 1. The molecule has 0 aliphatic carbocycles. The average molecular weight is 352 g/mol. The van der Waals surface area contributed by atoms with Gasteiger partial charge in [0.15, 0.2) is 0 Å². The van der Waals surface area contributed by atoms with Crippen LogP contribution >= 0.6 is 0 Å². The Labute approximate surface area is 139 Å². The van der Waals surface area contributed by atoms with Crippen molar-refractivity contribution in [3.8, 4) is 11.5 Å². The van der Waals surface area contributed by atoms with Crippen molar-refractivity contribution >= 4 is 21.6 Å². The van der Waals surface area contributed by atoms with Gasteiger partial charge in [0.05, 0.1) is 14.2 Å². The zero-order valence-electron chi connectivity index (χ0n) is 12.9. The predicted molar refractivity (Wildman–Crippen MR) is 86.0 cm³/mol. The molecule has 2 rings (SSSR count). The lowest BCUT2D eigenvalue weighted by Gasteiger charge is -2.13. The number of ether oxygens (including phenoxy) is 2. The standard InChI is InChI=1S/C15H16N2O6S/c1-22-12-7-8-13(23-2)14(9-12)24(20,21)17-11-5-3-10(4-6-11)15(18)16-19/h3-9,17,19H,1-2H3,(H,16,18). The maximum Gasteiger partial charge on any atom is 0.274 e. The molecule has 128 valence electrons. The summed E-state index contributed by atoms with van der Waals surface area (Å²) in [4.78, 5) is 11.2. The zero-order chi connectivity index (χ0) is 17.7. The summed E-state index contributed by atoms with van der Waals surface area (Å²) in [7, 11) is -1.14. The third-order valence-corrected chi connectivity index (χ3v) is 4.56. The lowest BCUT2D eigenvalue weighted by atomic mass is 10.2. The zero-order valence-corrected chi connectivity index (χ0v) is 13.8. The first-order valence-electron chi connectivity index (χ1n) is 6.70. The van der Waals surface area contributed by atoms with Gasteiger partial charge in [0.25, 0.3) is 15.9 Å². The van der Waals surface area contributed by atoms with E-state index in [1.54, 1.807) is 6.07 Å². The molecule has 0 radical (unpaired) electrons. The van der Waals surface area contributed by atoms with E-state index in [2.05, 4.69) is 4.72 Å². The van der Waals surface area contributed by atoms with E-state index in [4.69, 9.17) is 14.7 Å². The molecule has 0 heterocycles. The van der Waals surface area contributed by atoms with Gasteiger partial charge in [-0.1, -0.05) is 0 Å². The minimum atomic E-state index is -3.93. The van der Waals surface area contributed by atoms with Crippen LogP contribution in [0.15, 0.2) is 47.4 Å². The number of hydrogen-bond donors (Lipinski definition) is 3. The van der Waals surface area contributed by atoms with Gasteiger partial charge in [-0.3, -0.25) is 14.7 Å². The molecule has 0 bridgehead atoms. The summed E-state index contributed by atoms with van der Waals surface area (Å²) in [5.74, 6) is -0.162. The molecule has 0 aliphatic rings. The van der Waals surface area contributed by atoms with E-state index >= 15 is 0 Å². The van der Waals surface area contributed by atoms with E-state index < -0.39 is 15.9 Å². The molecule has 2 aromatic rings. The van der Waals surface area contributed by atoms with Crippen LogP contribution in [0.2, 0.25) is 0 Å². The molecule has 9 heteroatoms. The third-order valence-electron chi connectivity index (χ3n) is 3.16. The van der Waals surface area contributed by atoms with Crippen LogP contribution in [0.3, 0.4) is 0 Å². The summed E-state index contributed by atoms with van der Waals surface area (Å²) >= 11 is 0. The van der Waals surface area contributed by atoms with Gasteiger partial charge in [-0.25, -0.2) is 13.9 Å². The van der Waals surface area contributed by atoms with Crippen LogP contribution in [0.5, 0.6) is 11.5 Å². The fourth-order valence-electron chi connectivity index (χ4n) is 1.96. The number of rotatable bonds is 6. The van der Waals surface area contributed by atoms with Gasteiger partial charge in [-0.05, 0) is 36.4 Å². The van der Waals surface area contributed by atoms with E-state index in [9.17, 15) is 13.2 Å². The van der Waals surface area contributed by atoms with Crippen molar-refractivity contribution in [2.45, 2.75) is 4.90 Å². The van der Waals surface area contributed by atoms with E-state index in [0.29, 0.717) is 5.75 Å². The Hall–Kier alpha value is -2.78. The molecular weight excluding hydrogens is 336 g/mol. The summed E-state index contributed by atoms with van der Waals surface area (Å²) in [6.07, 6.45) is 0. The van der Waals surface area contributed by atoms with Crippen molar-refractivity contribution in [3.05, 3.63) is 48.0 Å². The normalized spacial score (nSPS) is 10.8. The van der Waals surface area contributed by atoms with Crippen LogP contribution in [0.4, 0.5) is 5.69 Å². The van der Waals surface area contributed by atoms with Crippen LogP contribution in [0, 0.1) is 0 Å². The molecule has 3 N–H and O–H groups in total. The van der Waals surface area contributed by atoms with Crippen molar-refractivity contribution in [1.29, 1.82) is 0 Å². The lowest BCUT2D eigenvalue weighted by Crippen LogP contribution is -2.18. The topological polar surface area (TPSA) is 114 Å². The number of amides is 1. The summed E-state index contributed by atoms with van der Waals surface area (Å²) < 4.78 is 37.6. The number of nitrogens with one attached hydrogen (secondary N) is 2. The quantitative estimate of drug-likeness (QED) is 0.538. The van der Waals surface area contributed by atoms with Crippen molar-refractivity contribution in [3.63, 3.8) is 0 Å². The second-order valence-corrected chi connectivity index (χ2v) is 6.29. The monoisotopic (exact) mass is 352 g/mol. The molecule has 0 spiro atoms. The fourth-order valence-corrected chi connectivity index (χ4v) is 3.20. The highest BCUT2D eigenvalue weighted by molar-refractivity contribution is 7.92. The number of carbonyl (C=O) groups excluding carboxylic acids is 1. The summed E-state index contributed by atoms with van der Waals surface area (Å²) in [6, 6.07) is 9.94. The molecule has 0 unspecified atom stereocenters. The molecule has 0 saturated heterocycles. The van der Waals surface area contributed by atoms with Gasteiger partial charge in [0, 0.05) is 17.3 Å². The smallest absolute Gasteiger partial charge is 0.274 e. The van der Waals surface area contributed by atoms with Crippen molar-refractivity contribution in [2.24, 2.45) is 0 Å².